The molecule has 0 saturated heterocycles. The van der Waals surface area contributed by atoms with Crippen LogP contribution in [0.25, 0.3) is 0 Å². The van der Waals surface area contributed by atoms with Crippen LogP contribution in [0, 0.1) is 0 Å². The Morgan fingerprint density at radius 3 is 2.54 bits per heavy atom. The van der Waals surface area contributed by atoms with Gasteiger partial charge in [-0.25, -0.2) is 0 Å². The molecule has 1 aromatic rings. The molecule has 1 N–H and O–H groups in total. The van der Waals surface area contributed by atoms with Gasteiger partial charge in [-0.15, -0.1) is 0 Å². The Bertz CT molecular complexity index is 537. The first-order valence-electron chi connectivity index (χ1n) is 9.49. The SMILES string of the molecule is CC(CCCCC/C=C/CC[S@](=O)C(C)(C)C)(OCCO)c1ccon1. The minimum absolute atomic E-state index is 0.00175. The Kier molecular flexibility index (Phi) is 10.4. The summed E-state index contributed by atoms with van der Waals surface area (Å²) >= 11 is 0. The van der Waals surface area contributed by atoms with Crippen LogP contribution in [0.4, 0.5) is 0 Å². The summed E-state index contributed by atoms with van der Waals surface area (Å²) in [6, 6.07) is 1.82. The van der Waals surface area contributed by atoms with Crippen molar-refractivity contribution in [3.8, 4) is 0 Å². The second kappa shape index (κ2) is 11.7. The average Bonchev–Trinajstić information content (AvgIpc) is 3.12. The van der Waals surface area contributed by atoms with Crippen molar-refractivity contribution in [3.63, 3.8) is 0 Å². The summed E-state index contributed by atoms with van der Waals surface area (Å²) in [5, 5.41) is 13.0. The van der Waals surface area contributed by atoms with Crippen molar-refractivity contribution in [1.29, 1.82) is 0 Å². The van der Waals surface area contributed by atoms with E-state index in [0.29, 0.717) is 6.61 Å². The van der Waals surface area contributed by atoms with Crippen LogP contribution in [-0.2, 0) is 21.1 Å². The fraction of sp³-hybridized carbons (Fsp3) is 0.750. The standard InChI is InChI=1S/C20H35NO4S/c1-19(2,3)26(23)17-11-9-7-5-6-8-10-13-20(4,24-16-14-22)18-12-15-25-21-18/h7,9,12,15,22H,5-6,8,10-11,13-14,16-17H2,1-4H3/b9-7+/t20?,26-/m0/s1. The molecule has 0 aromatic carbocycles. The zero-order chi connectivity index (χ0) is 19.5. The number of nitrogens with zero attached hydrogens (tertiary/aromatic N) is 1. The fourth-order valence-electron chi connectivity index (χ4n) is 2.65. The van der Waals surface area contributed by atoms with E-state index >= 15 is 0 Å². The lowest BCUT2D eigenvalue weighted by molar-refractivity contribution is -0.0615. The third kappa shape index (κ3) is 8.60. The Labute approximate surface area is 160 Å². The lowest BCUT2D eigenvalue weighted by Crippen LogP contribution is -2.28. The minimum Gasteiger partial charge on any atom is -0.394 e. The molecule has 0 fully saturated rings. The van der Waals surface area contributed by atoms with Crippen LogP contribution in [0.2, 0.25) is 0 Å². The van der Waals surface area contributed by atoms with E-state index in [1.807, 2.05) is 33.8 Å². The van der Waals surface area contributed by atoms with Crippen molar-refractivity contribution < 1.29 is 18.6 Å². The number of ether oxygens (including phenoxy) is 1. The molecule has 0 spiro atoms. The molecule has 0 radical (unpaired) electrons. The fourth-order valence-corrected chi connectivity index (χ4v) is 3.61. The van der Waals surface area contributed by atoms with Gasteiger partial charge in [-0.05, 0) is 53.4 Å². The number of hydrogen-bond acceptors (Lipinski definition) is 5. The highest BCUT2D eigenvalue weighted by Gasteiger charge is 2.29. The van der Waals surface area contributed by atoms with Crippen molar-refractivity contribution in [3.05, 3.63) is 30.2 Å². The number of aliphatic hydroxyl groups excluding tert-OH is 1. The van der Waals surface area contributed by atoms with Crippen LogP contribution in [-0.4, -0.2) is 38.2 Å². The maximum atomic E-state index is 11.9. The molecule has 0 aliphatic heterocycles. The summed E-state index contributed by atoms with van der Waals surface area (Å²) in [7, 11) is -0.772. The maximum Gasteiger partial charge on any atom is 0.124 e. The van der Waals surface area contributed by atoms with Gasteiger partial charge in [-0.3, -0.25) is 4.21 Å². The lowest BCUT2D eigenvalue weighted by atomic mass is 9.94. The van der Waals surface area contributed by atoms with Gasteiger partial charge in [0.15, 0.2) is 0 Å². The van der Waals surface area contributed by atoms with Gasteiger partial charge in [0.25, 0.3) is 0 Å². The van der Waals surface area contributed by atoms with Crippen molar-refractivity contribution in [2.75, 3.05) is 19.0 Å². The smallest absolute Gasteiger partial charge is 0.124 e. The molecule has 1 heterocycles. The predicted octanol–water partition coefficient (Wildman–Crippen LogP) is 4.34. The van der Waals surface area contributed by atoms with E-state index in [-0.39, 0.29) is 11.4 Å². The van der Waals surface area contributed by atoms with Crippen LogP contribution in [0.1, 0.15) is 71.9 Å². The first kappa shape index (κ1) is 23.1. The van der Waals surface area contributed by atoms with E-state index < -0.39 is 16.4 Å². The van der Waals surface area contributed by atoms with Gasteiger partial charge >= 0.3 is 0 Å². The third-order valence-corrected chi connectivity index (χ3v) is 6.31. The van der Waals surface area contributed by atoms with E-state index in [9.17, 15) is 4.21 Å². The van der Waals surface area contributed by atoms with Gasteiger partial charge in [0.2, 0.25) is 0 Å². The quantitative estimate of drug-likeness (QED) is 0.404. The molecule has 150 valence electrons. The molecule has 0 amide bonds. The second-order valence-electron chi connectivity index (χ2n) is 7.71. The molecule has 0 bridgehead atoms. The van der Waals surface area contributed by atoms with Crippen LogP contribution in [0.5, 0.6) is 0 Å². The molecular formula is C20H35NO4S. The molecule has 6 heteroatoms. The van der Waals surface area contributed by atoms with E-state index in [4.69, 9.17) is 14.4 Å². The minimum atomic E-state index is -0.772. The molecule has 1 rings (SSSR count). The third-order valence-electron chi connectivity index (χ3n) is 4.34. The van der Waals surface area contributed by atoms with Crippen LogP contribution in [0.15, 0.2) is 29.0 Å². The number of rotatable bonds is 13. The highest BCUT2D eigenvalue weighted by molar-refractivity contribution is 7.86. The number of hydrogen-bond donors (Lipinski definition) is 1. The summed E-state index contributed by atoms with van der Waals surface area (Å²) in [6.07, 6.45) is 11.9. The molecule has 0 aliphatic rings. The van der Waals surface area contributed by atoms with Gasteiger partial charge in [0.1, 0.15) is 17.6 Å². The lowest BCUT2D eigenvalue weighted by Gasteiger charge is -2.27. The maximum absolute atomic E-state index is 11.9. The van der Waals surface area contributed by atoms with Crippen LogP contribution >= 0.6 is 0 Å². The summed E-state index contributed by atoms with van der Waals surface area (Å²) in [5.41, 5.74) is 0.264. The molecule has 1 unspecified atom stereocenters. The molecule has 0 aliphatic carbocycles. The van der Waals surface area contributed by atoms with E-state index in [1.165, 1.54) is 0 Å². The van der Waals surface area contributed by atoms with Gasteiger partial charge in [-0.1, -0.05) is 30.2 Å². The van der Waals surface area contributed by atoms with Crippen molar-refractivity contribution in [2.45, 2.75) is 76.6 Å². The number of unbranched alkanes of at least 4 members (excludes halogenated alkanes) is 3. The van der Waals surface area contributed by atoms with Crippen LogP contribution in [0.3, 0.4) is 0 Å². The molecule has 0 saturated carbocycles. The zero-order valence-corrected chi connectivity index (χ0v) is 17.5. The monoisotopic (exact) mass is 385 g/mol. The van der Waals surface area contributed by atoms with E-state index in [1.54, 1.807) is 6.26 Å². The van der Waals surface area contributed by atoms with Crippen molar-refractivity contribution in [1.82, 2.24) is 5.16 Å². The first-order valence-corrected chi connectivity index (χ1v) is 10.8. The number of aliphatic hydroxyl groups is 1. The number of aromatic nitrogens is 1. The highest BCUT2D eigenvalue weighted by Crippen LogP contribution is 2.30. The molecule has 26 heavy (non-hydrogen) atoms. The Balaban J connectivity index is 2.22. The van der Waals surface area contributed by atoms with Crippen molar-refractivity contribution >= 4 is 10.8 Å². The zero-order valence-electron chi connectivity index (χ0n) is 16.7. The summed E-state index contributed by atoms with van der Waals surface area (Å²) < 4.78 is 22.6. The summed E-state index contributed by atoms with van der Waals surface area (Å²) in [6.45, 7) is 8.34. The summed E-state index contributed by atoms with van der Waals surface area (Å²) in [5.74, 6) is 0.734. The molecular weight excluding hydrogens is 350 g/mol. The van der Waals surface area contributed by atoms with Gasteiger partial charge in [-0.2, -0.15) is 0 Å². The molecule has 1 aromatic heterocycles. The van der Waals surface area contributed by atoms with Gasteiger partial charge in [0, 0.05) is 27.4 Å². The molecule has 2 atom stereocenters. The largest absolute Gasteiger partial charge is 0.394 e. The Hall–Kier alpha value is -0.980. The van der Waals surface area contributed by atoms with Crippen LogP contribution < -0.4 is 0 Å². The Morgan fingerprint density at radius 1 is 1.19 bits per heavy atom. The predicted molar refractivity (Wildman–Crippen MR) is 106 cm³/mol. The highest BCUT2D eigenvalue weighted by atomic mass is 32.2. The number of allylic oxidation sites excluding steroid dienone is 2. The second-order valence-corrected chi connectivity index (χ2v) is 10.0. The van der Waals surface area contributed by atoms with Crippen molar-refractivity contribution in [2.24, 2.45) is 0 Å². The molecule has 5 nitrogen and oxygen atoms in total. The van der Waals surface area contributed by atoms with E-state index in [2.05, 4.69) is 17.3 Å². The first-order chi connectivity index (χ1) is 12.3. The normalized spacial score (nSPS) is 16.0. The summed E-state index contributed by atoms with van der Waals surface area (Å²) in [4.78, 5) is 0. The Morgan fingerprint density at radius 2 is 1.92 bits per heavy atom. The topological polar surface area (TPSA) is 72.6 Å². The van der Waals surface area contributed by atoms with Gasteiger partial charge < -0.3 is 14.4 Å². The van der Waals surface area contributed by atoms with Gasteiger partial charge in [0.05, 0.1) is 13.2 Å². The van der Waals surface area contributed by atoms with E-state index in [0.717, 1.165) is 50.0 Å². The average molecular weight is 386 g/mol.